The van der Waals surface area contributed by atoms with E-state index in [9.17, 15) is 0 Å². The summed E-state index contributed by atoms with van der Waals surface area (Å²) in [6, 6.07) is 23.9. The van der Waals surface area contributed by atoms with Crippen molar-refractivity contribution in [2.75, 3.05) is 0 Å². The quantitative estimate of drug-likeness (QED) is 0.468. The summed E-state index contributed by atoms with van der Waals surface area (Å²) in [7, 11) is 1.29. The van der Waals surface area contributed by atoms with Gasteiger partial charge >= 0.3 is 7.69 Å². The molecule has 4 nitrogen and oxygen atoms in total. The Morgan fingerprint density at radius 3 is 1.41 bits per heavy atom. The maximum absolute atomic E-state index is 5.58. The molecule has 0 atom stereocenters. The van der Waals surface area contributed by atoms with Gasteiger partial charge in [-0.1, -0.05) is 60.7 Å². The van der Waals surface area contributed by atoms with Gasteiger partial charge in [-0.2, -0.15) is 0 Å². The van der Waals surface area contributed by atoms with Crippen molar-refractivity contribution in [3.63, 3.8) is 0 Å². The van der Waals surface area contributed by atoms with Crippen LogP contribution in [0, 0.1) is 0 Å². The second kappa shape index (κ2) is 8.19. The van der Waals surface area contributed by atoms with Crippen LogP contribution in [0.4, 0.5) is 0 Å². The summed E-state index contributed by atoms with van der Waals surface area (Å²) in [5, 5.41) is 0. The summed E-state index contributed by atoms with van der Waals surface area (Å²) in [4.78, 5) is 8.46. The lowest BCUT2D eigenvalue weighted by atomic mass is 10.1. The summed E-state index contributed by atoms with van der Waals surface area (Å²) < 4.78 is 11.2. The number of aromatic nitrogens is 2. The molecule has 0 bridgehead atoms. The lowest BCUT2D eigenvalue weighted by Gasteiger charge is -2.09. The predicted octanol–water partition coefficient (Wildman–Crippen LogP) is 4.80. The molecule has 0 N–H and O–H groups in total. The van der Waals surface area contributed by atoms with Gasteiger partial charge in [-0.3, -0.25) is 9.97 Å². The number of rotatable bonds is 6. The Bertz CT molecular complexity index is 928. The van der Waals surface area contributed by atoms with Crippen LogP contribution in [0.15, 0.2) is 97.6 Å². The molecule has 0 aliphatic carbocycles. The zero-order valence-corrected chi connectivity index (χ0v) is 14.5. The van der Waals surface area contributed by atoms with E-state index in [-0.39, 0.29) is 0 Å². The van der Waals surface area contributed by atoms with Gasteiger partial charge in [0.15, 0.2) is 0 Å². The molecule has 2 aromatic carbocycles. The van der Waals surface area contributed by atoms with Crippen molar-refractivity contribution >= 4 is 7.69 Å². The Morgan fingerprint density at radius 2 is 0.963 bits per heavy atom. The fourth-order valence-corrected chi connectivity index (χ4v) is 2.68. The SMILES string of the molecule is [B](Oc1cncc(-c2ccccc2)c1)Oc1cncc(-c2ccccc2)c1. The fraction of sp³-hybridized carbons (Fsp3) is 0. The molecule has 0 aliphatic heterocycles. The molecule has 0 saturated heterocycles. The summed E-state index contributed by atoms with van der Waals surface area (Å²) in [6.45, 7) is 0. The molecule has 0 fully saturated rings. The van der Waals surface area contributed by atoms with Crippen LogP contribution >= 0.6 is 0 Å². The Balaban J connectivity index is 1.41. The Hall–Kier alpha value is -3.60. The molecule has 0 amide bonds. The van der Waals surface area contributed by atoms with Crippen LogP contribution in [0.3, 0.4) is 0 Å². The van der Waals surface area contributed by atoms with E-state index in [1.807, 2.05) is 72.8 Å². The van der Waals surface area contributed by atoms with Gasteiger partial charge in [-0.05, 0) is 23.3 Å². The summed E-state index contributed by atoms with van der Waals surface area (Å²) >= 11 is 0. The molecule has 0 spiro atoms. The molecule has 129 valence electrons. The smallest absolute Gasteiger partial charge is 0.525 e. The van der Waals surface area contributed by atoms with E-state index in [0.717, 1.165) is 22.3 Å². The molecule has 27 heavy (non-hydrogen) atoms. The van der Waals surface area contributed by atoms with E-state index in [0.29, 0.717) is 11.5 Å². The second-order valence-electron chi connectivity index (χ2n) is 5.88. The van der Waals surface area contributed by atoms with Crippen molar-refractivity contribution in [2.24, 2.45) is 0 Å². The van der Waals surface area contributed by atoms with E-state index in [1.165, 1.54) is 7.69 Å². The van der Waals surface area contributed by atoms with Gasteiger partial charge in [0.25, 0.3) is 0 Å². The first-order valence-electron chi connectivity index (χ1n) is 8.54. The molecular formula is C22H16BN2O2. The highest BCUT2D eigenvalue weighted by atomic mass is 16.6. The van der Waals surface area contributed by atoms with Crippen LogP contribution in [0.25, 0.3) is 22.3 Å². The molecule has 2 heterocycles. The van der Waals surface area contributed by atoms with E-state index < -0.39 is 0 Å². The first-order chi connectivity index (χ1) is 13.4. The zero-order chi connectivity index (χ0) is 18.3. The maximum atomic E-state index is 5.58. The van der Waals surface area contributed by atoms with Gasteiger partial charge in [-0.25, -0.2) is 0 Å². The minimum atomic E-state index is 0.600. The second-order valence-corrected chi connectivity index (χ2v) is 5.88. The monoisotopic (exact) mass is 351 g/mol. The molecule has 0 unspecified atom stereocenters. The van der Waals surface area contributed by atoms with Crippen LogP contribution in [0.1, 0.15) is 0 Å². The number of pyridine rings is 2. The highest BCUT2D eigenvalue weighted by Crippen LogP contribution is 2.23. The molecular weight excluding hydrogens is 335 g/mol. The molecule has 5 heteroatoms. The van der Waals surface area contributed by atoms with Crippen molar-refractivity contribution in [1.29, 1.82) is 0 Å². The number of hydrogen-bond acceptors (Lipinski definition) is 4. The van der Waals surface area contributed by atoms with Crippen molar-refractivity contribution in [1.82, 2.24) is 9.97 Å². The van der Waals surface area contributed by atoms with Crippen LogP contribution < -0.4 is 9.31 Å². The average molecular weight is 351 g/mol. The van der Waals surface area contributed by atoms with Gasteiger partial charge in [0.05, 0.1) is 12.4 Å². The molecule has 2 aromatic heterocycles. The third-order valence-electron chi connectivity index (χ3n) is 4.01. The minimum absolute atomic E-state index is 0.600. The zero-order valence-electron chi connectivity index (χ0n) is 14.5. The predicted molar refractivity (Wildman–Crippen MR) is 106 cm³/mol. The highest BCUT2D eigenvalue weighted by molar-refractivity contribution is 6.20. The topological polar surface area (TPSA) is 44.2 Å². The third-order valence-corrected chi connectivity index (χ3v) is 4.01. The molecule has 1 radical (unpaired) electrons. The van der Waals surface area contributed by atoms with Gasteiger partial charge in [0, 0.05) is 23.5 Å². The van der Waals surface area contributed by atoms with E-state index in [1.54, 1.807) is 24.8 Å². The van der Waals surface area contributed by atoms with E-state index in [4.69, 9.17) is 9.31 Å². The van der Waals surface area contributed by atoms with Crippen LogP contribution in [-0.2, 0) is 0 Å². The first-order valence-corrected chi connectivity index (χ1v) is 8.54. The maximum Gasteiger partial charge on any atom is 0.658 e. The fourth-order valence-electron chi connectivity index (χ4n) is 2.68. The molecule has 0 aliphatic rings. The lowest BCUT2D eigenvalue weighted by molar-refractivity contribution is 0.457. The molecule has 0 saturated carbocycles. The Morgan fingerprint density at radius 1 is 0.519 bits per heavy atom. The number of hydrogen-bond donors (Lipinski definition) is 0. The molecule has 4 rings (SSSR count). The van der Waals surface area contributed by atoms with Gasteiger partial charge in [0.2, 0.25) is 0 Å². The summed E-state index contributed by atoms with van der Waals surface area (Å²) in [6.07, 6.45) is 6.89. The lowest BCUT2D eigenvalue weighted by Crippen LogP contribution is -2.11. The average Bonchev–Trinajstić information content (AvgIpc) is 2.75. The highest BCUT2D eigenvalue weighted by Gasteiger charge is 2.06. The third kappa shape index (κ3) is 4.33. The standard InChI is InChI=1S/C22H16BN2O2/c1-3-7-17(8-4-1)19-11-21(15-24-13-19)26-23-27-22-12-20(14-25-16-22)18-9-5-2-6-10-18/h1-16H. The normalized spacial score (nSPS) is 10.2. The summed E-state index contributed by atoms with van der Waals surface area (Å²) in [5.41, 5.74) is 4.12. The van der Waals surface area contributed by atoms with Crippen molar-refractivity contribution in [3.05, 3.63) is 97.6 Å². The Labute approximate surface area is 158 Å². The van der Waals surface area contributed by atoms with Crippen molar-refractivity contribution in [2.45, 2.75) is 0 Å². The van der Waals surface area contributed by atoms with Crippen LogP contribution in [-0.4, -0.2) is 17.7 Å². The van der Waals surface area contributed by atoms with Crippen molar-refractivity contribution in [3.8, 4) is 33.8 Å². The number of nitrogens with zero attached hydrogens (tertiary/aromatic N) is 2. The van der Waals surface area contributed by atoms with Crippen molar-refractivity contribution < 1.29 is 9.31 Å². The summed E-state index contributed by atoms with van der Waals surface area (Å²) in [5.74, 6) is 1.20. The van der Waals surface area contributed by atoms with Gasteiger partial charge in [0.1, 0.15) is 11.5 Å². The first kappa shape index (κ1) is 16.9. The number of benzene rings is 2. The largest absolute Gasteiger partial charge is 0.658 e. The van der Waals surface area contributed by atoms with Gasteiger partial charge < -0.3 is 9.31 Å². The van der Waals surface area contributed by atoms with Crippen LogP contribution in [0.5, 0.6) is 11.5 Å². The van der Waals surface area contributed by atoms with E-state index in [2.05, 4.69) is 9.97 Å². The Kier molecular flexibility index (Phi) is 5.11. The van der Waals surface area contributed by atoms with E-state index >= 15 is 0 Å². The minimum Gasteiger partial charge on any atom is -0.525 e. The van der Waals surface area contributed by atoms with Gasteiger partial charge in [-0.15, -0.1) is 0 Å². The molecule has 4 aromatic rings. The van der Waals surface area contributed by atoms with Crippen LogP contribution in [0.2, 0.25) is 0 Å².